The van der Waals surface area contributed by atoms with Gasteiger partial charge in [0.1, 0.15) is 0 Å². The molecule has 0 atom stereocenters. The molecule has 1 saturated heterocycles. The van der Waals surface area contributed by atoms with Gasteiger partial charge < -0.3 is 18.9 Å². The second-order valence-corrected chi connectivity index (χ2v) is 9.49. The number of carbonyl (C=O) groups is 1. The van der Waals surface area contributed by atoms with Crippen molar-refractivity contribution in [2.45, 2.75) is 57.3 Å². The molecule has 0 N–H and O–H groups in total. The van der Waals surface area contributed by atoms with Crippen LogP contribution in [-0.4, -0.2) is 52.9 Å². The molecule has 0 spiro atoms. The van der Waals surface area contributed by atoms with E-state index in [1.165, 1.54) is 12.8 Å². The lowest BCUT2D eigenvalue weighted by Gasteiger charge is -2.30. The highest BCUT2D eigenvalue weighted by Gasteiger charge is 2.29. The van der Waals surface area contributed by atoms with E-state index >= 15 is 0 Å². The van der Waals surface area contributed by atoms with Crippen molar-refractivity contribution in [2.75, 3.05) is 31.8 Å². The number of ether oxygens (including phenoxy) is 2. The number of amides is 1. The third-order valence-electron chi connectivity index (χ3n) is 6.80. The lowest BCUT2D eigenvalue weighted by atomic mass is 9.97. The molecule has 3 heterocycles. The molecule has 3 aromatic rings. The van der Waals surface area contributed by atoms with Crippen LogP contribution in [0.1, 0.15) is 62.6 Å². The topological polar surface area (TPSA) is 103 Å². The van der Waals surface area contributed by atoms with Crippen molar-refractivity contribution in [2.24, 2.45) is 5.92 Å². The summed E-state index contributed by atoms with van der Waals surface area (Å²) in [6, 6.07) is 10.1. The molecular weight excluding hydrogens is 458 g/mol. The molecule has 2 aromatic heterocycles. The highest BCUT2D eigenvalue weighted by atomic mass is 16.5. The zero-order chi connectivity index (χ0) is 24.7. The van der Waals surface area contributed by atoms with Gasteiger partial charge in [-0.15, -0.1) is 0 Å². The summed E-state index contributed by atoms with van der Waals surface area (Å²) in [4.78, 5) is 28.6. The minimum Gasteiger partial charge on any atom is -0.467 e. The van der Waals surface area contributed by atoms with Gasteiger partial charge in [0, 0.05) is 55.5 Å². The number of benzene rings is 1. The van der Waals surface area contributed by atoms with Crippen molar-refractivity contribution in [1.29, 1.82) is 0 Å². The van der Waals surface area contributed by atoms with E-state index in [0.717, 1.165) is 67.2 Å². The van der Waals surface area contributed by atoms with Crippen molar-refractivity contribution >= 4 is 11.6 Å². The number of anilines is 1. The molecular formula is C27H33N5O4. The average Bonchev–Trinajstić information content (AvgIpc) is 3.68. The maximum absolute atomic E-state index is 13.6. The van der Waals surface area contributed by atoms with Gasteiger partial charge in [0.2, 0.25) is 11.8 Å². The number of rotatable bonds is 11. The smallest absolute Gasteiger partial charge is 0.316 e. The monoisotopic (exact) mass is 491 g/mol. The summed E-state index contributed by atoms with van der Waals surface area (Å²) in [6.07, 6.45) is 9.13. The van der Waals surface area contributed by atoms with Gasteiger partial charge >= 0.3 is 6.01 Å². The van der Waals surface area contributed by atoms with Gasteiger partial charge in [-0.3, -0.25) is 4.79 Å². The number of aromatic nitrogens is 4. The van der Waals surface area contributed by atoms with E-state index in [2.05, 4.69) is 20.1 Å². The Morgan fingerprint density at radius 3 is 2.75 bits per heavy atom. The van der Waals surface area contributed by atoms with Crippen LogP contribution >= 0.6 is 0 Å². The minimum absolute atomic E-state index is 0.0132. The van der Waals surface area contributed by atoms with Crippen molar-refractivity contribution in [3.05, 3.63) is 48.2 Å². The Morgan fingerprint density at radius 1 is 1.08 bits per heavy atom. The number of aryl methyl sites for hydroxylation is 1. The first-order chi connectivity index (χ1) is 17.7. The zero-order valence-corrected chi connectivity index (χ0v) is 20.8. The largest absolute Gasteiger partial charge is 0.467 e. The van der Waals surface area contributed by atoms with Gasteiger partial charge in [-0.25, -0.2) is 4.98 Å². The van der Waals surface area contributed by atoms with Crippen LogP contribution in [0.4, 0.5) is 5.69 Å². The van der Waals surface area contributed by atoms with Crippen LogP contribution in [-0.2, 0) is 16.0 Å². The second-order valence-electron chi connectivity index (χ2n) is 9.49. The molecule has 2 aliphatic rings. The summed E-state index contributed by atoms with van der Waals surface area (Å²) in [5, 5.41) is 4.10. The van der Waals surface area contributed by atoms with Crippen LogP contribution in [0.2, 0.25) is 0 Å². The lowest BCUT2D eigenvalue weighted by Crippen LogP contribution is -2.39. The van der Waals surface area contributed by atoms with Gasteiger partial charge in [-0.2, -0.15) is 9.97 Å². The zero-order valence-electron chi connectivity index (χ0n) is 20.8. The maximum atomic E-state index is 13.6. The average molecular weight is 492 g/mol. The Morgan fingerprint density at radius 2 is 1.94 bits per heavy atom. The van der Waals surface area contributed by atoms with Crippen LogP contribution in [0.5, 0.6) is 6.01 Å². The maximum Gasteiger partial charge on any atom is 0.316 e. The van der Waals surface area contributed by atoms with Crippen molar-refractivity contribution in [3.8, 4) is 17.3 Å². The number of methoxy groups -OCH3 is 1. The van der Waals surface area contributed by atoms with Gasteiger partial charge in [0.15, 0.2) is 5.82 Å². The summed E-state index contributed by atoms with van der Waals surface area (Å²) >= 11 is 0. The molecule has 0 radical (unpaired) electrons. The normalized spacial score (nSPS) is 16.1. The fourth-order valence-electron chi connectivity index (χ4n) is 4.56. The van der Waals surface area contributed by atoms with Crippen LogP contribution in [0.25, 0.3) is 11.3 Å². The molecule has 1 amide bonds. The Hall–Kier alpha value is -3.33. The van der Waals surface area contributed by atoms with Crippen LogP contribution < -0.4 is 9.64 Å². The molecule has 5 rings (SSSR count). The fraction of sp³-hybridized carbons (Fsp3) is 0.519. The molecule has 1 saturated carbocycles. The fourth-order valence-corrected chi connectivity index (χ4v) is 4.56. The highest BCUT2D eigenvalue weighted by molar-refractivity contribution is 5.95. The van der Waals surface area contributed by atoms with Gasteiger partial charge in [-0.1, -0.05) is 23.7 Å². The Labute approximate surface area is 211 Å². The number of hydrogen-bond acceptors (Lipinski definition) is 8. The molecule has 1 aliphatic carbocycles. The predicted molar refractivity (Wildman–Crippen MR) is 134 cm³/mol. The molecule has 9 nitrogen and oxygen atoms in total. The molecule has 36 heavy (non-hydrogen) atoms. The third kappa shape index (κ3) is 6.07. The quantitative estimate of drug-likeness (QED) is 0.359. The number of unbranched alkanes of at least 4 members (excludes halogenated alkanes) is 2. The highest BCUT2D eigenvalue weighted by Crippen LogP contribution is 2.38. The Balaban J connectivity index is 1.25. The first-order valence-electron chi connectivity index (χ1n) is 12.9. The summed E-state index contributed by atoms with van der Waals surface area (Å²) in [5.41, 5.74) is 2.56. The number of hydrogen-bond donors (Lipinski definition) is 0. The second kappa shape index (κ2) is 11.6. The van der Waals surface area contributed by atoms with E-state index in [9.17, 15) is 4.79 Å². The number of nitrogens with zero attached hydrogens (tertiary/aromatic N) is 5. The SMILES string of the molecule is COc1nccc(-c2cccc(N(CCCCCc3nc(C4CC4)no3)C(=O)C3CCOCC3)c2)n1. The van der Waals surface area contributed by atoms with Crippen molar-refractivity contribution < 1.29 is 18.8 Å². The molecule has 1 aliphatic heterocycles. The summed E-state index contributed by atoms with van der Waals surface area (Å²) in [6.45, 7) is 1.93. The standard InChI is InChI=1S/C27H33N5O4/c1-34-27-28-14-11-23(29-27)21-6-5-7-22(18-21)32(26(33)20-12-16-35-17-13-20)15-4-2-3-8-24-30-25(31-36-24)19-9-10-19/h5-7,11,14,18-20H,2-4,8-10,12-13,15-17H2,1H3. The summed E-state index contributed by atoms with van der Waals surface area (Å²) < 4.78 is 16.1. The Bertz CT molecular complexity index is 1160. The van der Waals surface area contributed by atoms with E-state index in [-0.39, 0.29) is 11.8 Å². The molecule has 2 fully saturated rings. The van der Waals surface area contributed by atoms with Gasteiger partial charge in [0.25, 0.3) is 0 Å². The first-order valence-corrected chi connectivity index (χ1v) is 12.9. The van der Waals surface area contributed by atoms with Gasteiger partial charge in [-0.05, 0) is 56.7 Å². The Kier molecular flexibility index (Phi) is 7.85. The lowest BCUT2D eigenvalue weighted by molar-refractivity contribution is -0.125. The molecule has 0 bridgehead atoms. The third-order valence-corrected chi connectivity index (χ3v) is 6.80. The van der Waals surface area contributed by atoms with Crippen LogP contribution in [0.3, 0.4) is 0 Å². The summed E-state index contributed by atoms with van der Waals surface area (Å²) in [7, 11) is 1.55. The molecule has 1 aromatic carbocycles. The molecule has 190 valence electrons. The van der Waals surface area contributed by atoms with Crippen molar-refractivity contribution in [1.82, 2.24) is 20.1 Å². The summed E-state index contributed by atoms with van der Waals surface area (Å²) in [5.74, 6) is 2.24. The minimum atomic E-state index is -0.0132. The van der Waals surface area contributed by atoms with Crippen LogP contribution in [0.15, 0.2) is 41.1 Å². The molecule has 0 unspecified atom stereocenters. The van der Waals surface area contributed by atoms with Crippen LogP contribution in [0, 0.1) is 5.92 Å². The predicted octanol–water partition coefficient (Wildman–Crippen LogP) is 4.59. The van der Waals surface area contributed by atoms with Crippen molar-refractivity contribution in [3.63, 3.8) is 0 Å². The van der Waals surface area contributed by atoms with E-state index < -0.39 is 0 Å². The van der Waals surface area contributed by atoms with E-state index in [1.807, 2.05) is 35.2 Å². The van der Waals surface area contributed by atoms with Gasteiger partial charge in [0.05, 0.1) is 12.8 Å². The van der Waals surface area contributed by atoms with E-state index in [4.69, 9.17) is 14.0 Å². The number of carbonyl (C=O) groups excluding carboxylic acids is 1. The van der Waals surface area contributed by atoms with E-state index in [1.54, 1.807) is 13.3 Å². The molecule has 9 heteroatoms. The first kappa shape index (κ1) is 24.4. The van der Waals surface area contributed by atoms with E-state index in [0.29, 0.717) is 31.7 Å².